The molecule has 4 saturated heterocycles. The van der Waals surface area contributed by atoms with E-state index in [9.17, 15) is 0 Å². The van der Waals surface area contributed by atoms with Crippen molar-refractivity contribution in [2.45, 2.75) is 68.8 Å². The van der Waals surface area contributed by atoms with Crippen molar-refractivity contribution in [3.05, 3.63) is 58.9 Å². The van der Waals surface area contributed by atoms with Gasteiger partial charge in [-0.1, -0.05) is 53.9 Å². The zero-order valence-electron chi connectivity index (χ0n) is 25.7. The van der Waals surface area contributed by atoms with Crippen LogP contribution in [0.3, 0.4) is 0 Å². The van der Waals surface area contributed by atoms with Crippen LogP contribution in [0, 0.1) is 18.2 Å². The number of halogens is 2. The second kappa shape index (κ2) is 10.3. The van der Waals surface area contributed by atoms with E-state index in [0.29, 0.717) is 51.3 Å². The van der Waals surface area contributed by atoms with Crippen LogP contribution >= 0.6 is 11.6 Å². The number of nitrogens with one attached hydrogen (secondary N) is 1. The van der Waals surface area contributed by atoms with E-state index in [1.165, 1.54) is 5.57 Å². The number of piperazine rings is 1. The van der Waals surface area contributed by atoms with Gasteiger partial charge in [0.25, 0.3) is 0 Å². The fraction of sp³-hybridized carbons (Fsp3) is 0.417. The Morgan fingerprint density at radius 2 is 2.11 bits per heavy atom. The first kappa shape index (κ1) is 28.3. The monoisotopic (exact) mass is 636 g/mol. The molecule has 0 aliphatic carbocycles. The number of aromatic nitrogens is 3. The SMILES string of the molecule is C#Cc1c(Cl)ccc2cccc(-c3nc4c5c(nc(OCC67CCCN6CC(=C)C7)nc5c3F)N3CC5CCC(N5)C3C(C)O4)c12. The number of hydrogen-bond donors (Lipinski definition) is 1. The molecular formula is C36H34ClFN6O2. The summed E-state index contributed by atoms with van der Waals surface area (Å²) in [5.74, 6) is 3.05. The summed E-state index contributed by atoms with van der Waals surface area (Å²) < 4.78 is 30.3. The van der Waals surface area contributed by atoms with E-state index in [-0.39, 0.29) is 40.9 Å². The Morgan fingerprint density at radius 3 is 2.98 bits per heavy atom. The fourth-order valence-electron chi connectivity index (χ4n) is 8.87. The van der Waals surface area contributed by atoms with Gasteiger partial charge in [-0.05, 0) is 57.0 Å². The summed E-state index contributed by atoms with van der Waals surface area (Å²) in [6, 6.07) is 9.93. The summed E-state index contributed by atoms with van der Waals surface area (Å²) in [7, 11) is 0. The molecule has 5 atom stereocenters. The molecule has 0 amide bonds. The van der Waals surface area contributed by atoms with E-state index in [2.05, 4.69) is 34.5 Å². The van der Waals surface area contributed by atoms with Gasteiger partial charge < -0.3 is 19.7 Å². The smallest absolute Gasteiger partial charge is 0.319 e. The van der Waals surface area contributed by atoms with Crippen LogP contribution in [0.15, 0.2) is 42.5 Å². The van der Waals surface area contributed by atoms with Crippen LogP contribution in [0.25, 0.3) is 32.9 Å². The Bertz CT molecular complexity index is 2010. The lowest BCUT2D eigenvalue weighted by molar-refractivity contribution is 0.108. The van der Waals surface area contributed by atoms with Crippen LogP contribution in [0.2, 0.25) is 5.02 Å². The van der Waals surface area contributed by atoms with Crippen molar-refractivity contribution in [3.63, 3.8) is 0 Å². The van der Waals surface area contributed by atoms with Gasteiger partial charge in [-0.15, -0.1) is 6.42 Å². The van der Waals surface area contributed by atoms with Crippen LogP contribution < -0.4 is 19.7 Å². The van der Waals surface area contributed by atoms with Crippen LogP contribution in [-0.2, 0) is 0 Å². The number of benzene rings is 2. The van der Waals surface area contributed by atoms with Crippen LogP contribution in [0.1, 0.15) is 44.6 Å². The largest absolute Gasteiger partial charge is 0.472 e. The summed E-state index contributed by atoms with van der Waals surface area (Å²) in [6.45, 7) is 9.37. The molecule has 2 bridgehead atoms. The Morgan fingerprint density at radius 1 is 1.22 bits per heavy atom. The van der Waals surface area contributed by atoms with Gasteiger partial charge >= 0.3 is 6.01 Å². The summed E-state index contributed by atoms with van der Waals surface area (Å²) >= 11 is 6.55. The molecule has 5 unspecified atom stereocenters. The maximum Gasteiger partial charge on any atom is 0.319 e. The first-order valence-corrected chi connectivity index (χ1v) is 16.5. The Hall–Kier alpha value is -3.97. The maximum absolute atomic E-state index is 17.1. The van der Waals surface area contributed by atoms with Crippen molar-refractivity contribution in [1.82, 2.24) is 25.2 Å². The number of hydrogen-bond acceptors (Lipinski definition) is 8. The molecule has 7 heterocycles. The van der Waals surface area contributed by atoms with Crippen LogP contribution in [0.5, 0.6) is 11.9 Å². The molecule has 10 heteroatoms. The van der Waals surface area contributed by atoms with E-state index >= 15 is 4.39 Å². The average molecular weight is 637 g/mol. The number of nitrogens with zero attached hydrogens (tertiary/aromatic N) is 5. The lowest BCUT2D eigenvalue weighted by Gasteiger charge is -2.42. The molecule has 2 aromatic heterocycles. The second-order valence-corrected chi connectivity index (χ2v) is 14.0. The highest BCUT2D eigenvalue weighted by atomic mass is 35.5. The predicted octanol–water partition coefficient (Wildman–Crippen LogP) is 5.88. The summed E-state index contributed by atoms with van der Waals surface area (Å²) in [4.78, 5) is 19.4. The van der Waals surface area contributed by atoms with Crippen molar-refractivity contribution in [2.24, 2.45) is 0 Å². The van der Waals surface area contributed by atoms with Gasteiger partial charge in [-0.2, -0.15) is 9.97 Å². The van der Waals surface area contributed by atoms with E-state index in [0.717, 1.165) is 57.1 Å². The highest BCUT2D eigenvalue weighted by Crippen LogP contribution is 2.46. The molecule has 2 aromatic carbocycles. The fourth-order valence-corrected chi connectivity index (χ4v) is 9.08. The minimum Gasteiger partial charge on any atom is -0.472 e. The van der Waals surface area contributed by atoms with Gasteiger partial charge in [0.1, 0.15) is 35.1 Å². The minimum absolute atomic E-state index is 0.0168. The normalized spacial score (nSPS) is 28.2. The third kappa shape index (κ3) is 4.09. The lowest BCUT2D eigenvalue weighted by atomic mass is 9.94. The molecule has 0 spiro atoms. The molecule has 8 nitrogen and oxygen atoms in total. The molecule has 5 aliphatic rings. The standard InChI is InChI=1S/C36H34ClFN6O2/c1-4-23-25(37)11-9-21-7-5-8-24(27(21)23)30-29(38)31-28-33(42-35(41-31)45-18-36-13-6-14-43(36)16-19(2)15-36)44-17-22-10-12-26(39-22)32(44)20(3)46-34(28)40-30/h1,5,7-9,11,20,22,26,32,39H,2,6,10,12-18H2,3H3. The molecule has 1 N–H and O–H groups in total. The van der Waals surface area contributed by atoms with E-state index < -0.39 is 5.82 Å². The lowest BCUT2D eigenvalue weighted by Crippen LogP contribution is -2.62. The number of pyridine rings is 1. The zero-order chi connectivity index (χ0) is 31.3. The quantitative estimate of drug-likeness (QED) is 0.220. The Kier molecular flexibility index (Phi) is 6.31. The Balaban J connectivity index is 1.25. The topological polar surface area (TPSA) is 75.6 Å². The van der Waals surface area contributed by atoms with Crippen LogP contribution in [-0.4, -0.2) is 75.9 Å². The molecule has 0 radical (unpaired) electrons. The molecule has 5 aliphatic heterocycles. The third-order valence-corrected chi connectivity index (χ3v) is 11.1. The highest BCUT2D eigenvalue weighted by molar-refractivity contribution is 6.33. The third-order valence-electron chi connectivity index (χ3n) is 10.8. The van der Waals surface area contributed by atoms with E-state index in [1.54, 1.807) is 6.07 Å². The van der Waals surface area contributed by atoms with Crippen molar-refractivity contribution in [2.75, 3.05) is 31.1 Å². The molecule has 4 aromatic rings. The minimum atomic E-state index is -0.578. The van der Waals surface area contributed by atoms with Gasteiger partial charge in [0.2, 0.25) is 5.88 Å². The van der Waals surface area contributed by atoms with Crippen molar-refractivity contribution in [3.8, 4) is 35.5 Å². The second-order valence-electron chi connectivity index (χ2n) is 13.6. The molecule has 4 fully saturated rings. The van der Waals surface area contributed by atoms with Crippen LogP contribution in [0.4, 0.5) is 10.2 Å². The van der Waals surface area contributed by atoms with Gasteiger partial charge in [0.05, 0.1) is 22.2 Å². The predicted molar refractivity (Wildman–Crippen MR) is 177 cm³/mol. The maximum atomic E-state index is 17.1. The summed E-state index contributed by atoms with van der Waals surface area (Å²) in [6.07, 6.45) is 10.8. The van der Waals surface area contributed by atoms with E-state index in [1.807, 2.05) is 24.3 Å². The molecule has 234 valence electrons. The van der Waals surface area contributed by atoms with Gasteiger partial charge in [0.15, 0.2) is 5.82 Å². The van der Waals surface area contributed by atoms with Crippen molar-refractivity contribution >= 4 is 39.1 Å². The van der Waals surface area contributed by atoms with Gasteiger partial charge in [0, 0.05) is 36.1 Å². The number of anilines is 1. The summed E-state index contributed by atoms with van der Waals surface area (Å²) in [5, 5.41) is 6.14. The summed E-state index contributed by atoms with van der Waals surface area (Å²) in [5.41, 5.74) is 2.32. The van der Waals surface area contributed by atoms with Crippen molar-refractivity contribution < 1.29 is 13.9 Å². The first-order chi connectivity index (χ1) is 22.3. The van der Waals surface area contributed by atoms with Gasteiger partial charge in [-0.3, -0.25) is 4.90 Å². The number of rotatable bonds is 4. The molecule has 9 rings (SSSR count). The molecule has 46 heavy (non-hydrogen) atoms. The first-order valence-electron chi connectivity index (χ1n) is 16.2. The Labute approximate surface area is 271 Å². The van der Waals surface area contributed by atoms with Gasteiger partial charge in [-0.25, -0.2) is 9.37 Å². The van der Waals surface area contributed by atoms with E-state index in [4.69, 9.17) is 42.4 Å². The highest BCUT2D eigenvalue weighted by Gasteiger charge is 2.48. The number of fused-ring (bicyclic) bond motifs is 7. The average Bonchev–Trinajstić information content (AvgIpc) is 3.69. The number of ether oxygens (including phenoxy) is 2. The van der Waals surface area contributed by atoms with Crippen molar-refractivity contribution in [1.29, 1.82) is 0 Å². The molecular weight excluding hydrogens is 603 g/mol. The number of terminal acetylenes is 1. The molecule has 0 saturated carbocycles. The zero-order valence-corrected chi connectivity index (χ0v) is 26.4.